The van der Waals surface area contributed by atoms with Crippen LogP contribution in [-0.4, -0.2) is 31.1 Å². The highest BCUT2D eigenvalue weighted by Gasteiger charge is 2.29. The average Bonchev–Trinajstić information content (AvgIpc) is 1.96. The van der Waals surface area contributed by atoms with Crippen LogP contribution < -0.4 is 5.32 Å². The van der Waals surface area contributed by atoms with E-state index in [1.165, 1.54) is 0 Å². The SMILES string of the molecule is CC(C)C(NC(=O)N(C)C)C(C)(C)C. The Morgan fingerprint density at radius 3 is 1.86 bits per heavy atom. The third-order valence-electron chi connectivity index (χ3n) is 2.28. The maximum Gasteiger partial charge on any atom is 0.317 e. The Labute approximate surface area is 87.9 Å². The van der Waals surface area contributed by atoms with Gasteiger partial charge in [-0.15, -0.1) is 0 Å². The standard InChI is InChI=1S/C11H24N2O/c1-8(2)9(11(3,4)5)12-10(14)13(6)7/h8-9H,1-7H3,(H,12,14). The summed E-state index contributed by atoms with van der Waals surface area (Å²) < 4.78 is 0. The highest BCUT2D eigenvalue weighted by Crippen LogP contribution is 2.24. The summed E-state index contributed by atoms with van der Waals surface area (Å²) in [6.45, 7) is 10.7. The number of hydrogen-bond donors (Lipinski definition) is 1. The Kier molecular flexibility index (Phi) is 4.43. The molecule has 0 aliphatic rings. The Hall–Kier alpha value is -0.730. The molecule has 0 radical (unpaired) electrons. The first-order valence-corrected chi connectivity index (χ1v) is 5.14. The average molecular weight is 200 g/mol. The fourth-order valence-corrected chi connectivity index (χ4v) is 1.65. The van der Waals surface area contributed by atoms with Crippen molar-refractivity contribution in [2.45, 2.75) is 40.7 Å². The summed E-state index contributed by atoms with van der Waals surface area (Å²) in [7, 11) is 3.52. The summed E-state index contributed by atoms with van der Waals surface area (Å²) >= 11 is 0. The van der Waals surface area contributed by atoms with Crippen molar-refractivity contribution < 1.29 is 4.79 Å². The van der Waals surface area contributed by atoms with Crippen LogP contribution in [0.5, 0.6) is 0 Å². The zero-order valence-corrected chi connectivity index (χ0v) is 10.5. The molecule has 1 unspecified atom stereocenters. The Morgan fingerprint density at radius 2 is 1.64 bits per heavy atom. The van der Waals surface area contributed by atoms with Crippen LogP contribution in [0.25, 0.3) is 0 Å². The van der Waals surface area contributed by atoms with E-state index in [2.05, 4.69) is 39.9 Å². The quantitative estimate of drug-likeness (QED) is 0.729. The lowest BCUT2D eigenvalue weighted by Crippen LogP contribution is -2.50. The minimum atomic E-state index is -0.0152. The van der Waals surface area contributed by atoms with E-state index in [0.717, 1.165) is 0 Å². The van der Waals surface area contributed by atoms with Crippen LogP contribution in [0.15, 0.2) is 0 Å². The molecule has 1 atom stereocenters. The van der Waals surface area contributed by atoms with Crippen molar-refractivity contribution in [3.8, 4) is 0 Å². The van der Waals surface area contributed by atoms with Gasteiger partial charge in [-0.3, -0.25) is 0 Å². The van der Waals surface area contributed by atoms with Crippen molar-refractivity contribution in [1.29, 1.82) is 0 Å². The minimum absolute atomic E-state index is 0.0152. The molecule has 1 N–H and O–H groups in total. The van der Waals surface area contributed by atoms with Crippen LogP contribution in [0.3, 0.4) is 0 Å². The Morgan fingerprint density at radius 1 is 1.21 bits per heavy atom. The third kappa shape index (κ3) is 3.99. The van der Waals surface area contributed by atoms with E-state index in [1.54, 1.807) is 19.0 Å². The van der Waals surface area contributed by atoms with E-state index < -0.39 is 0 Å². The summed E-state index contributed by atoms with van der Waals surface area (Å²) in [5, 5.41) is 3.04. The number of rotatable bonds is 2. The fraction of sp³-hybridized carbons (Fsp3) is 0.909. The molecule has 0 rings (SSSR count). The first-order chi connectivity index (χ1) is 6.16. The highest BCUT2D eigenvalue weighted by atomic mass is 16.2. The van der Waals surface area contributed by atoms with E-state index >= 15 is 0 Å². The van der Waals surface area contributed by atoms with Crippen LogP contribution in [-0.2, 0) is 0 Å². The first-order valence-electron chi connectivity index (χ1n) is 5.14. The van der Waals surface area contributed by atoms with E-state index in [-0.39, 0.29) is 17.5 Å². The number of carbonyl (C=O) groups excluding carboxylic acids is 1. The number of hydrogen-bond acceptors (Lipinski definition) is 1. The molecule has 0 fully saturated rings. The van der Waals surface area contributed by atoms with Crippen LogP contribution >= 0.6 is 0 Å². The molecule has 84 valence electrons. The zero-order chi connectivity index (χ0) is 11.5. The highest BCUT2D eigenvalue weighted by molar-refractivity contribution is 5.73. The number of urea groups is 1. The molecule has 2 amide bonds. The molecule has 0 saturated heterocycles. The van der Waals surface area contributed by atoms with Gasteiger partial charge in [0.1, 0.15) is 0 Å². The Balaban J connectivity index is 4.48. The molecular formula is C11H24N2O. The maximum atomic E-state index is 11.5. The topological polar surface area (TPSA) is 32.3 Å². The minimum Gasteiger partial charge on any atom is -0.334 e. The predicted molar refractivity (Wildman–Crippen MR) is 60.3 cm³/mol. The smallest absolute Gasteiger partial charge is 0.317 e. The molecule has 0 saturated carbocycles. The lowest BCUT2D eigenvalue weighted by atomic mass is 9.80. The summed E-state index contributed by atoms with van der Waals surface area (Å²) in [6, 6.07) is 0.191. The van der Waals surface area contributed by atoms with E-state index in [1.807, 2.05) is 0 Å². The molecular weight excluding hydrogens is 176 g/mol. The van der Waals surface area contributed by atoms with Gasteiger partial charge in [-0.1, -0.05) is 34.6 Å². The van der Waals surface area contributed by atoms with Crippen LogP contribution in [0, 0.1) is 11.3 Å². The number of carbonyl (C=O) groups is 1. The Bertz CT molecular complexity index is 192. The van der Waals surface area contributed by atoms with Crippen LogP contribution in [0.4, 0.5) is 4.79 Å². The van der Waals surface area contributed by atoms with E-state index in [9.17, 15) is 4.79 Å². The third-order valence-corrected chi connectivity index (χ3v) is 2.28. The van der Waals surface area contributed by atoms with Gasteiger partial charge in [0.15, 0.2) is 0 Å². The molecule has 14 heavy (non-hydrogen) atoms. The monoisotopic (exact) mass is 200 g/mol. The molecule has 0 aromatic carbocycles. The van der Waals surface area contributed by atoms with Crippen molar-refractivity contribution in [1.82, 2.24) is 10.2 Å². The van der Waals surface area contributed by atoms with Gasteiger partial charge in [0.25, 0.3) is 0 Å². The summed E-state index contributed by atoms with van der Waals surface area (Å²) in [5.74, 6) is 0.443. The second-order valence-electron chi connectivity index (χ2n) is 5.43. The normalized spacial score (nSPS) is 14.0. The van der Waals surface area contributed by atoms with Gasteiger partial charge in [-0.05, 0) is 11.3 Å². The van der Waals surface area contributed by atoms with Crippen LogP contribution in [0.2, 0.25) is 0 Å². The second kappa shape index (κ2) is 4.67. The molecule has 0 heterocycles. The van der Waals surface area contributed by atoms with E-state index in [0.29, 0.717) is 5.92 Å². The van der Waals surface area contributed by atoms with Gasteiger partial charge in [0.05, 0.1) is 0 Å². The molecule has 0 bridgehead atoms. The summed E-state index contributed by atoms with van der Waals surface area (Å²) in [5.41, 5.74) is 0.0971. The fourth-order valence-electron chi connectivity index (χ4n) is 1.65. The van der Waals surface area contributed by atoms with Gasteiger partial charge < -0.3 is 10.2 Å². The van der Waals surface area contributed by atoms with Gasteiger partial charge in [0.2, 0.25) is 0 Å². The van der Waals surface area contributed by atoms with Crippen molar-refractivity contribution >= 4 is 6.03 Å². The van der Waals surface area contributed by atoms with Crippen molar-refractivity contribution in [3.63, 3.8) is 0 Å². The van der Waals surface area contributed by atoms with Crippen molar-refractivity contribution in [2.75, 3.05) is 14.1 Å². The van der Waals surface area contributed by atoms with E-state index in [4.69, 9.17) is 0 Å². The second-order valence-corrected chi connectivity index (χ2v) is 5.43. The molecule has 3 nitrogen and oxygen atoms in total. The molecule has 3 heteroatoms. The lowest BCUT2D eigenvalue weighted by molar-refractivity contribution is 0.178. The summed E-state index contributed by atoms with van der Waals surface area (Å²) in [4.78, 5) is 13.1. The molecule has 0 aliphatic carbocycles. The van der Waals surface area contributed by atoms with Gasteiger partial charge in [-0.2, -0.15) is 0 Å². The van der Waals surface area contributed by atoms with Gasteiger partial charge in [0, 0.05) is 20.1 Å². The zero-order valence-electron chi connectivity index (χ0n) is 10.5. The molecule has 0 aromatic heterocycles. The predicted octanol–water partition coefficient (Wildman–Crippen LogP) is 2.33. The van der Waals surface area contributed by atoms with Crippen molar-refractivity contribution in [3.05, 3.63) is 0 Å². The summed E-state index contributed by atoms with van der Waals surface area (Å²) in [6.07, 6.45) is 0. The number of amides is 2. The molecule has 0 spiro atoms. The van der Waals surface area contributed by atoms with Gasteiger partial charge >= 0.3 is 6.03 Å². The van der Waals surface area contributed by atoms with Crippen LogP contribution in [0.1, 0.15) is 34.6 Å². The molecule has 0 aliphatic heterocycles. The lowest BCUT2D eigenvalue weighted by Gasteiger charge is -2.35. The van der Waals surface area contributed by atoms with Crippen molar-refractivity contribution in [2.24, 2.45) is 11.3 Å². The number of nitrogens with zero attached hydrogens (tertiary/aromatic N) is 1. The number of nitrogens with one attached hydrogen (secondary N) is 1. The maximum absolute atomic E-state index is 11.5. The largest absolute Gasteiger partial charge is 0.334 e. The first kappa shape index (κ1) is 13.3. The van der Waals surface area contributed by atoms with Gasteiger partial charge in [-0.25, -0.2) is 4.79 Å². The molecule has 0 aromatic rings.